The lowest BCUT2D eigenvalue weighted by Crippen LogP contribution is -2.46. The van der Waals surface area contributed by atoms with E-state index in [1.165, 1.54) is 0 Å². The van der Waals surface area contributed by atoms with Crippen LogP contribution in [-0.4, -0.2) is 54.5 Å². The van der Waals surface area contributed by atoms with Crippen LogP contribution in [0.25, 0.3) is 10.9 Å². The van der Waals surface area contributed by atoms with Gasteiger partial charge in [-0.3, -0.25) is 9.59 Å². The minimum Gasteiger partial charge on any atom is -0.381 e. The predicted molar refractivity (Wildman–Crippen MR) is 107 cm³/mol. The van der Waals surface area contributed by atoms with Gasteiger partial charge >= 0.3 is 0 Å². The molecule has 1 unspecified atom stereocenters. The summed E-state index contributed by atoms with van der Waals surface area (Å²) in [6, 6.07) is 11.5. The van der Waals surface area contributed by atoms with Crippen LogP contribution in [0.15, 0.2) is 36.4 Å². The van der Waals surface area contributed by atoms with E-state index >= 15 is 0 Å². The van der Waals surface area contributed by atoms with Crippen molar-refractivity contribution in [2.24, 2.45) is 11.8 Å². The molecule has 0 spiro atoms. The van der Waals surface area contributed by atoms with Gasteiger partial charge in [-0.1, -0.05) is 24.3 Å². The Morgan fingerprint density at radius 2 is 1.93 bits per heavy atom. The Labute approximate surface area is 165 Å². The minimum atomic E-state index is -0.154. The average Bonchev–Trinajstić information content (AvgIpc) is 2.77. The van der Waals surface area contributed by atoms with E-state index in [4.69, 9.17) is 4.74 Å². The van der Waals surface area contributed by atoms with E-state index in [0.717, 1.165) is 49.7 Å². The molecular formula is C22H27N3O3. The van der Waals surface area contributed by atoms with E-state index in [1.54, 1.807) is 6.07 Å². The number of benzene rings is 1. The number of carbonyl (C=O) groups excluding carboxylic acids is 2. The maximum absolute atomic E-state index is 12.8. The number of piperidine rings is 1. The van der Waals surface area contributed by atoms with Crippen LogP contribution < -0.4 is 5.32 Å². The molecule has 6 heteroatoms. The molecule has 2 fully saturated rings. The van der Waals surface area contributed by atoms with Crippen LogP contribution in [0.3, 0.4) is 0 Å². The van der Waals surface area contributed by atoms with Crippen molar-refractivity contribution in [3.05, 3.63) is 42.1 Å². The first-order valence-corrected chi connectivity index (χ1v) is 10.2. The fourth-order valence-corrected chi connectivity index (χ4v) is 4.15. The first-order valence-electron chi connectivity index (χ1n) is 10.2. The Hall–Kier alpha value is -2.47. The number of para-hydroxylation sites is 1. The number of amides is 2. The number of carbonyl (C=O) groups is 2. The molecule has 0 saturated carbocycles. The Bertz CT molecular complexity index is 848. The molecule has 2 aliphatic heterocycles. The van der Waals surface area contributed by atoms with Crippen LogP contribution in [0, 0.1) is 11.8 Å². The minimum absolute atomic E-state index is 0.101. The number of nitrogens with one attached hydrogen (secondary N) is 1. The molecule has 1 aromatic carbocycles. The van der Waals surface area contributed by atoms with Gasteiger partial charge in [0.2, 0.25) is 5.91 Å². The summed E-state index contributed by atoms with van der Waals surface area (Å²) in [6.45, 7) is 3.49. The van der Waals surface area contributed by atoms with Gasteiger partial charge < -0.3 is 15.0 Å². The zero-order valence-corrected chi connectivity index (χ0v) is 16.1. The second-order valence-corrected chi connectivity index (χ2v) is 7.78. The maximum Gasteiger partial charge on any atom is 0.269 e. The Morgan fingerprint density at radius 3 is 2.79 bits per heavy atom. The van der Waals surface area contributed by atoms with Gasteiger partial charge in [-0.05, 0) is 43.7 Å². The molecule has 2 aromatic rings. The lowest BCUT2D eigenvalue weighted by atomic mass is 9.93. The average molecular weight is 381 g/mol. The van der Waals surface area contributed by atoms with Crippen LogP contribution in [0.4, 0.5) is 0 Å². The highest BCUT2D eigenvalue weighted by Crippen LogP contribution is 2.22. The van der Waals surface area contributed by atoms with Crippen molar-refractivity contribution in [2.45, 2.75) is 25.7 Å². The summed E-state index contributed by atoms with van der Waals surface area (Å²) >= 11 is 0. The summed E-state index contributed by atoms with van der Waals surface area (Å²) in [5.74, 6) is 0.500. The number of rotatable bonds is 4. The molecule has 1 N–H and O–H groups in total. The van der Waals surface area contributed by atoms with Gasteiger partial charge in [0.15, 0.2) is 0 Å². The second-order valence-electron chi connectivity index (χ2n) is 7.78. The second kappa shape index (κ2) is 8.69. The van der Waals surface area contributed by atoms with Gasteiger partial charge in [0, 0.05) is 44.2 Å². The molecule has 148 valence electrons. The summed E-state index contributed by atoms with van der Waals surface area (Å²) in [5, 5.41) is 4.03. The molecular weight excluding hydrogens is 354 g/mol. The smallest absolute Gasteiger partial charge is 0.269 e. The van der Waals surface area contributed by atoms with Gasteiger partial charge in [0.25, 0.3) is 5.91 Å². The van der Waals surface area contributed by atoms with Gasteiger partial charge in [-0.25, -0.2) is 4.98 Å². The van der Waals surface area contributed by atoms with E-state index in [1.807, 2.05) is 35.2 Å². The van der Waals surface area contributed by atoms with Crippen LogP contribution in [0.1, 0.15) is 36.2 Å². The predicted octanol–water partition coefficient (Wildman–Crippen LogP) is 2.63. The molecule has 0 bridgehead atoms. The molecule has 0 radical (unpaired) electrons. The molecule has 2 saturated heterocycles. The lowest BCUT2D eigenvalue weighted by Gasteiger charge is -2.36. The first-order chi connectivity index (χ1) is 13.7. The fraction of sp³-hybridized carbons (Fsp3) is 0.500. The molecule has 6 nitrogen and oxygen atoms in total. The number of fused-ring (bicyclic) bond motifs is 1. The number of nitrogens with zero attached hydrogens (tertiary/aromatic N) is 2. The number of pyridine rings is 1. The zero-order valence-electron chi connectivity index (χ0n) is 16.1. The first kappa shape index (κ1) is 18.9. The van der Waals surface area contributed by atoms with Crippen molar-refractivity contribution in [3.63, 3.8) is 0 Å². The van der Waals surface area contributed by atoms with E-state index < -0.39 is 0 Å². The highest BCUT2D eigenvalue weighted by molar-refractivity contribution is 5.94. The Morgan fingerprint density at radius 1 is 1.11 bits per heavy atom. The molecule has 2 amide bonds. The van der Waals surface area contributed by atoms with Gasteiger partial charge in [0.1, 0.15) is 5.69 Å². The van der Waals surface area contributed by atoms with Crippen LogP contribution in [0.2, 0.25) is 0 Å². The topological polar surface area (TPSA) is 71.5 Å². The third kappa shape index (κ3) is 4.33. The Kier molecular flexibility index (Phi) is 5.86. The normalized spacial score (nSPS) is 20.9. The van der Waals surface area contributed by atoms with E-state index in [0.29, 0.717) is 31.4 Å². The van der Waals surface area contributed by atoms with Gasteiger partial charge in [-0.15, -0.1) is 0 Å². The maximum atomic E-state index is 12.8. The SMILES string of the molecule is O=C(NCC1CCCN(C(=O)C2CCOCC2)C1)c1ccc2ccccc2n1. The fourth-order valence-electron chi connectivity index (χ4n) is 4.15. The number of aromatic nitrogens is 1. The summed E-state index contributed by atoms with van der Waals surface area (Å²) in [4.78, 5) is 31.7. The zero-order chi connectivity index (χ0) is 19.3. The van der Waals surface area contributed by atoms with Crippen LogP contribution >= 0.6 is 0 Å². The molecule has 0 aliphatic carbocycles. The van der Waals surface area contributed by atoms with E-state index in [2.05, 4.69) is 10.3 Å². The lowest BCUT2D eigenvalue weighted by molar-refractivity contribution is -0.140. The van der Waals surface area contributed by atoms with Crippen molar-refractivity contribution in [1.82, 2.24) is 15.2 Å². The van der Waals surface area contributed by atoms with E-state index in [9.17, 15) is 9.59 Å². The number of hydrogen-bond acceptors (Lipinski definition) is 4. The molecule has 28 heavy (non-hydrogen) atoms. The highest BCUT2D eigenvalue weighted by atomic mass is 16.5. The molecule has 1 atom stereocenters. The van der Waals surface area contributed by atoms with Crippen LogP contribution in [-0.2, 0) is 9.53 Å². The molecule has 4 rings (SSSR count). The van der Waals surface area contributed by atoms with Crippen molar-refractivity contribution in [2.75, 3.05) is 32.8 Å². The highest BCUT2D eigenvalue weighted by Gasteiger charge is 2.30. The molecule has 2 aliphatic rings. The third-order valence-corrected chi connectivity index (χ3v) is 5.78. The Balaban J connectivity index is 1.32. The van der Waals surface area contributed by atoms with E-state index in [-0.39, 0.29) is 17.7 Å². The third-order valence-electron chi connectivity index (χ3n) is 5.78. The standard InChI is InChI=1S/C22H27N3O3/c26-21(20-8-7-17-5-1-2-6-19(17)24-20)23-14-16-4-3-11-25(15-16)22(27)18-9-12-28-13-10-18/h1-2,5-8,16,18H,3-4,9-15H2,(H,23,26). The van der Waals surface area contributed by atoms with Crippen molar-refractivity contribution in [3.8, 4) is 0 Å². The molecule has 3 heterocycles. The largest absolute Gasteiger partial charge is 0.381 e. The van der Waals surface area contributed by atoms with Crippen molar-refractivity contribution in [1.29, 1.82) is 0 Å². The van der Waals surface area contributed by atoms with Gasteiger partial charge in [-0.2, -0.15) is 0 Å². The monoisotopic (exact) mass is 381 g/mol. The van der Waals surface area contributed by atoms with Crippen LogP contribution in [0.5, 0.6) is 0 Å². The number of ether oxygens (including phenoxy) is 1. The number of likely N-dealkylation sites (tertiary alicyclic amines) is 1. The summed E-state index contributed by atoms with van der Waals surface area (Å²) in [7, 11) is 0. The molecule has 1 aromatic heterocycles. The number of hydrogen-bond donors (Lipinski definition) is 1. The van der Waals surface area contributed by atoms with Crippen molar-refractivity contribution >= 4 is 22.7 Å². The quantitative estimate of drug-likeness (QED) is 0.884. The van der Waals surface area contributed by atoms with Gasteiger partial charge in [0.05, 0.1) is 5.52 Å². The van der Waals surface area contributed by atoms with Crippen molar-refractivity contribution < 1.29 is 14.3 Å². The summed E-state index contributed by atoms with van der Waals surface area (Å²) in [6.07, 6.45) is 3.67. The summed E-state index contributed by atoms with van der Waals surface area (Å²) < 4.78 is 5.37. The summed E-state index contributed by atoms with van der Waals surface area (Å²) in [5.41, 5.74) is 1.26.